The van der Waals surface area contributed by atoms with Gasteiger partial charge < -0.3 is 5.32 Å². The zero-order valence-electron chi connectivity index (χ0n) is 18.2. The third-order valence-electron chi connectivity index (χ3n) is 4.90. The number of aryl methyl sites for hydroxylation is 1. The van der Waals surface area contributed by atoms with Crippen LogP contribution in [-0.4, -0.2) is 21.4 Å². The quantitative estimate of drug-likeness (QED) is 0.510. The van der Waals surface area contributed by atoms with Crippen LogP contribution < -0.4 is 10.0 Å². The summed E-state index contributed by atoms with van der Waals surface area (Å²) in [5.41, 5.74) is 2.89. The maximum absolute atomic E-state index is 13.2. The molecule has 0 aliphatic carbocycles. The average molecular weight is 476 g/mol. The molecule has 9 heteroatoms. The molecule has 2 N–H and O–H groups in total. The minimum Gasteiger partial charge on any atom is -0.352 e. The van der Waals surface area contributed by atoms with E-state index >= 15 is 0 Å². The van der Waals surface area contributed by atoms with Crippen molar-refractivity contribution in [3.8, 4) is 11.3 Å². The number of pyridine rings is 1. The number of aromatic nitrogens is 1. The molecule has 1 amide bonds. The molecule has 3 aromatic rings. The lowest BCUT2D eigenvalue weighted by Gasteiger charge is -2.14. The Labute approximate surface area is 193 Å². The Kier molecular flexibility index (Phi) is 7.99. The van der Waals surface area contributed by atoms with Gasteiger partial charge in [0.15, 0.2) is 0 Å². The van der Waals surface area contributed by atoms with Gasteiger partial charge in [0.05, 0.1) is 23.1 Å². The monoisotopic (exact) mass is 475 g/mol. The molecule has 0 spiro atoms. The van der Waals surface area contributed by atoms with Gasteiger partial charge in [-0.15, -0.1) is 0 Å². The lowest BCUT2D eigenvalue weighted by Crippen LogP contribution is -2.25. The average Bonchev–Trinajstić information content (AvgIpc) is 2.76. The van der Waals surface area contributed by atoms with Crippen LogP contribution >= 0.6 is 0 Å². The summed E-state index contributed by atoms with van der Waals surface area (Å²) in [4.78, 5) is 16.3. The topological polar surface area (TPSA) is 71.1 Å². The standard InChI is InChI=1S/C24H24F3N3O2S/c1-16-4-3-5-19(12-16)23-20(10-11-21(30-23)24(25,26)27)15-28-22(31)13-17-6-8-18(9-7-17)14-29-33(2)32/h3-12,29H,13-15H2,1-2H3,(H,28,31). The molecule has 0 radical (unpaired) electrons. The van der Waals surface area contributed by atoms with E-state index in [2.05, 4.69) is 15.0 Å². The number of carbonyl (C=O) groups excluding carboxylic acids is 1. The molecular weight excluding hydrogens is 451 g/mol. The molecular formula is C24H24F3N3O2S. The van der Waals surface area contributed by atoms with Gasteiger partial charge in [-0.3, -0.25) is 4.79 Å². The molecule has 0 fully saturated rings. The van der Waals surface area contributed by atoms with Gasteiger partial charge in [-0.2, -0.15) is 13.2 Å². The van der Waals surface area contributed by atoms with Gasteiger partial charge in [0.25, 0.3) is 0 Å². The first-order valence-electron chi connectivity index (χ1n) is 10.2. The molecule has 5 nitrogen and oxygen atoms in total. The Hall–Kier alpha value is -3.04. The van der Waals surface area contributed by atoms with Gasteiger partial charge in [0.2, 0.25) is 5.91 Å². The minimum absolute atomic E-state index is 0.0531. The Bertz CT molecular complexity index is 1150. The van der Waals surface area contributed by atoms with Crippen molar-refractivity contribution in [3.63, 3.8) is 0 Å². The van der Waals surface area contributed by atoms with Crippen LogP contribution in [0.25, 0.3) is 11.3 Å². The number of halogens is 3. The van der Waals surface area contributed by atoms with Crippen molar-refractivity contribution < 1.29 is 22.2 Å². The third-order valence-corrected chi connectivity index (χ3v) is 5.45. The number of carbonyl (C=O) groups is 1. The fourth-order valence-corrected chi connectivity index (χ4v) is 3.60. The van der Waals surface area contributed by atoms with Crippen LogP contribution in [-0.2, 0) is 41.5 Å². The highest BCUT2D eigenvalue weighted by Crippen LogP contribution is 2.31. The van der Waals surface area contributed by atoms with Crippen molar-refractivity contribution in [2.45, 2.75) is 32.6 Å². The predicted octanol–water partition coefficient (Wildman–Crippen LogP) is 4.32. The van der Waals surface area contributed by atoms with E-state index in [0.29, 0.717) is 17.7 Å². The number of amides is 1. The first-order valence-corrected chi connectivity index (χ1v) is 11.7. The highest BCUT2D eigenvalue weighted by Gasteiger charge is 2.33. The highest BCUT2D eigenvalue weighted by atomic mass is 32.2. The van der Waals surface area contributed by atoms with Gasteiger partial charge in [0.1, 0.15) is 5.69 Å². The molecule has 0 bridgehead atoms. The maximum Gasteiger partial charge on any atom is 0.433 e. The summed E-state index contributed by atoms with van der Waals surface area (Å²) in [6.45, 7) is 2.36. The maximum atomic E-state index is 13.2. The molecule has 1 atom stereocenters. The molecule has 0 saturated heterocycles. The summed E-state index contributed by atoms with van der Waals surface area (Å²) < 4.78 is 53.6. The third kappa shape index (κ3) is 7.23. The fraction of sp³-hybridized carbons (Fsp3) is 0.250. The number of hydrogen-bond acceptors (Lipinski definition) is 3. The second kappa shape index (κ2) is 10.7. The largest absolute Gasteiger partial charge is 0.433 e. The zero-order chi connectivity index (χ0) is 24.0. The number of hydrogen-bond donors (Lipinski definition) is 2. The Morgan fingerprint density at radius 1 is 1.00 bits per heavy atom. The van der Waals surface area contributed by atoms with Crippen LogP contribution in [0.2, 0.25) is 0 Å². The number of benzene rings is 2. The second-order valence-corrected chi connectivity index (χ2v) is 8.81. The molecule has 1 heterocycles. The summed E-state index contributed by atoms with van der Waals surface area (Å²) in [5.74, 6) is -0.259. The van der Waals surface area contributed by atoms with Crippen LogP contribution in [0.3, 0.4) is 0 Å². The molecule has 0 saturated carbocycles. The van der Waals surface area contributed by atoms with E-state index in [1.165, 1.54) is 6.07 Å². The minimum atomic E-state index is -4.56. The van der Waals surface area contributed by atoms with E-state index in [1.807, 2.05) is 37.3 Å². The number of nitrogens with one attached hydrogen (secondary N) is 2. The lowest BCUT2D eigenvalue weighted by atomic mass is 10.0. The molecule has 33 heavy (non-hydrogen) atoms. The van der Waals surface area contributed by atoms with E-state index in [-0.39, 0.29) is 24.6 Å². The van der Waals surface area contributed by atoms with Crippen molar-refractivity contribution in [1.82, 2.24) is 15.0 Å². The van der Waals surface area contributed by atoms with Crippen LogP contribution in [0.1, 0.15) is 27.9 Å². The van der Waals surface area contributed by atoms with E-state index in [4.69, 9.17) is 0 Å². The Morgan fingerprint density at radius 2 is 1.70 bits per heavy atom. The van der Waals surface area contributed by atoms with Gasteiger partial charge in [-0.25, -0.2) is 13.9 Å². The smallest absolute Gasteiger partial charge is 0.352 e. The van der Waals surface area contributed by atoms with E-state index < -0.39 is 22.9 Å². The summed E-state index contributed by atoms with van der Waals surface area (Å²) in [7, 11) is -1.11. The van der Waals surface area contributed by atoms with Crippen LogP contribution in [0.15, 0.2) is 60.7 Å². The van der Waals surface area contributed by atoms with E-state index in [1.54, 1.807) is 24.5 Å². The number of alkyl halides is 3. The summed E-state index contributed by atoms with van der Waals surface area (Å²) in [5, 5.41) is 2.77. The molecule has 1 unspecified atom stereocenters. The molecule has 1 aromatic heterocycles. The van der Waals surface area contributed by atoms with Crippen LogP contribution in [0.5, 0.6) is 0 Å². The number of rotatable bonds is 8. The van der Waals surface area contributed by atoms with Gasteiger partial charge >= 0.3 is 6.18 Å². The van der Waals surface area contributed by atoms with Gasteiger partial charge in [-0.1, -0.05) is 54.1 Å². The van der Waals surface area contributed by atoms with E-state index in [0.717, 1.165) is 22.8 Å². The van der Waals surface area contributed by atoms with Gasteiger partial charge in [0, 0.05) is 24.9 Å². The summed E-state index contributed by atoms with van der Waals surface area (Å²) in [6.07, 6.45) is -2.88. The van der Waals surface area contributed by atoms with Crippen molar-refractivity contribution in [3.05, 3.63) is 88.6 Å². The van der Waals surface area contributed by atoms with Crippen molar-refractivity contribution in [2.75, 3.05) is 6.26 Å². The zero-order valence-corrected chi connectivity index (χ0v) is 19.0. The van der Waals surface area contributed by atoms with E-state index in [9.17, 15) is 22.2 Å². The van der Waals surface area contributed by atoms with Crippen molar-refractivity contribution in [1.29, 1.82) is 0 Å². The molecule has 0 aliphatic heterocycles. The van der Waals surface area contributed by atoms with Crippen LogP contribution in [0.4, 0.5) is 13.2 Å². The molecule has 174 valence electrons. The van der Waals surface area contributed by atoms with Crippen molar-refractivity contribution >= 4 is 16.9 Å². The van der Waals surface area contributed by atoms with Gasteiger partial charge in [-0.05, 0) is 35.7 Å². The second-order valence-electron chi connectivity index (χ2n) is 7.62. The number of nitrogens with zero attached hydrogens (tertiary/aromatic N) is 1. The predicted molar refractivity (Wildman–Crippen MR) is 122 cm³/mol. The Morgan fingerprint density at radius 3 is 2.33 bits per heavy atom. The SMILES string of the molecule is Cc1cccc(-c2nc(C(F)(F)F)ccc2CNC(=O)Cc2ccc(CNS(C)=O)cc2)c1. The highest BCUT2D eigenvalue weighted by molar-refractivity contribution is 7.82. The van der Waals surface area contributed by atoms with Crippen molar-refractivity contribution in [2.24, 2.45) is 0 Å². The lowest BCUT2D eigenvalue weighted by molar-refractivity contribution is -0.141. The summed E-state index contributed by atoms with van der Waals surface area (Å²) >= 11 is 0. The first kappa shape index (κ1) is 24.6. The molecule has 3 rings (SSSR count). The summed E-state index contributed by atoms with van der Waals surface area (Å²) in [6, 6.07) is 16.7. The Balaban J connectivity index is 1.71. The fourth-order valence-electron chi connectivity index (χ4n) is 3.23. The molecule has 0 aliphatic rings. The van der Waals surface area contributed by atoms with Crippen LogP contribution in [0, 0.1) is 6.92 Å². The first-order chi connectivity index (χ1) is 15.6. The normalized spacial score (nSPS) is 12.4. The molecule has 2 aromatic carbocycles.